The molecule has 0 radical (unpaired) electrons. The highest BCUT2D eigenvalue weighted by molar-refractivity contribution is 6.31. The number of hydrogen-bond donors (Lipinski definition) is 0. The van der Waals surface area contributed by atoms with Gasteiger partial charge in [0, 0.05) is 54.2 Å². The second kappa shape index (κ2) is 8.48. The van der Waals surface area contributed by atoms with Crippen molar-refractivity contribution in [3.8, 4) is 0 Å². The van der Waals surface area contributed by atoms with Crippen LogP contribution in [0.25, 0.3) is 0 Å². The molecule has 1 aliphatic rings. The predicted octanol–water partition coefficient (Wildman–Crippen LogP) is 4.14. The fraction of sp³-hybridized carbons (Fsp3) is 0.273. The van der Waals surface area contributed by atoms with Crippen LogP contribution in [0, 0.1) is 0 Å². The van der Waals surface area contributed by atoms with Crippen molar-refractivity contribution >= 4 is 17.5 Å². The van der Waals surface area contributed by atoms with Crippen molar-refractivity contribution in [3.63, 3.8) is 0 Å². The van der Waals surface area contributed by atoms with Crippen molar-refractivity contribution in [1.82, 2.24) is 19.9 Å². The minimum atomic E-state index is -0.0648. The molecule has 1 fully saturated rings. The van der Waals surface area contributed by atoms with Crippen molar-refractivity contribution in [3.05, 3.63) is 88.7 Å². The van der Waals surface area contributed by atoms with E-state index >= 15 is 0 Å². The molecule has 0 aliphatic carbocycles. The molecule has 5 nitrogen and oxygen atoms in total. The minimum Gasteiger partial charge on any atom is -0.337 e. The van der Waals surface area contributed by atoms with E-state index in [2.05, 4.69) is 16.0 Å². The second-order valence-corrected chi connectivity index (χ2v) is 7.41. The fourth-order valence-corrected chi connectivity index (χ4v) is 3.84. The second-order valence-electron chi connectivity index (χ2n) is 7.00. The Labute approximate surface area is 169 Å². The number of piperidine rings is 1. The third-order valence-corrected chi connectivity index (χ3v) is 5.44. The van der Waals surface area contributed by atoms with Gasteiger partial charge in [0.25, 0.3) is 5.91 Å². The van der Waals surface area contributed by atoms with E-state index in [0.717, 1.165) is 41.4 Å². The van der Waals surface area contributed by atoms with Crippen LogP contribution in [0.2, 0.25) is 5.02 Å². The molecular formula is C22H21ClN4O. The summed E-state index contributed by atoms with van der Waals surface area (Å²) in [4.78, 5) is 27.6. The molecule has 4 rings (SSSR count). The van der Waals surface area contributed by atoms with Crippen LogP contribution in [0.3, 0.4) is 0 Å². The van der Waals surface area contributed by atoms with Gasteiger partial charge in [-0.05, 0) is 36.6 Å². The molecule has 3 heterocycles. The predicted molar refractivity (Wildman–Crippen MR) is 108 cm³/mol. The van der Waals surface area contributed by atoms with Crippen LogP contribution < -0.4 is 0 Å². The van der Waals surface area contributed by atoms with Crippen molar-refractivity contribution in [2.24, 2.45) is 0 Å². The molecular weight excluding hydrogens is 372 g/mol. The zero-order valence-electron chi connectivity index (χ0n) is 15.5. The zero-order valence-corrected chi connectivity index (χ0v) is 16.2. The topological polar surface area (TPSA) is 59.0 Å². The summed E-state index contributed by atoms with van der Waals surface area (Å²) in [6, 6.07) is 14.0. The van der Waals surface area contributed by atoms with Crippen molar-refractivity contribution in [1.29, 1.82) is 0 Å². The molecule has 1 aliphatic heterocycles. The van der Waals surface area contributed by atoms with Crippen LogP contribution in [0.15, 0.2) is 61.1 Å². The molecule has 0 bridgehead atoms. The third-order valence-electron chi connectivity index (χ3n) is 5.07. The number of nitrogens with zero attached hydrogens (tertiary/aromatic N) is 4. The first-order valence-electron chi connectivity index (χ1n) is 9.45. The van der Waals surface area contributed by atoms with Gasteiger partial charge in [-0.15, -0.1) is 0 Å². The van der Waals surface area contributed by atoms with Crippen molar-refractivity contribution < 1.29 is 4.79 Å². The number of carbonyl (C=O) groups is 1. The van der Waals surface area contributed by atoms with E-state index in [4.69, 9.17) is 16.6 Å². The number of benzene rings is 1. The monoisotopic (exact) mass is 392 g/mol. The van der Waals surface area contributed by atoms with Gasteiger partial charge in [-0.1, -0.05) is 35.9 Å². The summed E-state index contributed by atoms with van der Waals surface area (Å²) in [5, 5.41) is 0.758. The highest BCUT2D eigenvalue weighted by Gasteiger charge is 2.27. The highest BCUT2D eigenvalue weighted by atomic mass is 35.5. The van der Waals surface area contributed by atoms with Crippen LogP contribution in [0.1, 0.15) is 46.2 Å². The lowest BCUT2D eigenvalue weighted by Crippen LogP contribution is -2.39. The van der Waals surface area contributed by atoms with Crippen molar-refractivity contribution in [2.45, 2.75) is 25.2 Å². The molecule has 1 atom stereocenters. The maximum absolute atomic E-state index is 12.7. The van der Waals surface area contributed by atoms with Gasteiger partial charge in [-0.25, -0.2) is 4.98 Å². The van der Waals surface area contributed by atoms with E-state index in [1.807, 2.05) is 41.3 Å². The number of halogens is 1. The van der Waals surface area contributed by atoms with Crippen LogP contribution >= 0.6 is 11.6 Å². The van der Waals surface area contributed by atoms with Crippen LogP contribution in [0.4, 0.5) is 0 Å². The molecule has 1 unspecified atom stereocenters. The Morgan fingerprint density at radius 3 is 2.86 bits per heavy atom. The number of amides is 1. The quantitative estimate of drug-likeness (QED) is 0.669. The van der Waals surface area contributed by atoms with E-state index < -0.39 is 0 Å². The smallest absolute Gasteiger partial charge is 0.274 e. The summed E-state index contributed by atoms with van der Waals surface area (Å²) in [6.07, 6.45) is 7.31. The molecule has 2 aromatic heterocycles. The van der Waals surface area contributed by atoms with E-state index in [9.17, 15) is 4.79 Å². The minimum absolute atomic E-state index is 0.0648. The van der Waals surface area contributed by atoms with Crippen LogP contribution in [-0.4, -0.2) is 38.8 Å². The Morgan fingerprint density at radius 2 is 2.04 bits per heavy atom. The SMILES string of the molecule is O=C(c1cnccn1)N1CCCC(c2cccc(Cc3ccccc3Cl)n2)C1. The molecule has 1 saturated heterocycles. The third kappa shape index (κ3) is 4.20. The maximum atomic E-state index is 12.7. The molecule has 1 aromatic carbocycles. The number of likely N-dealkylation sites (tertiary alicyclic amines) is 1. The summed E-state index contributed by atoms with van der Waals surface area (Å²) in [5.41, 5.74) is 3.48. The first kappa shape index (κ1) is 18.6. The maximum Gasteiger partial charge on any atom is 0.274 e. The normalized spacial score (nSPS) is 16.8. The summed E-state index contributed by atoms with van der Waals surface area (Å²) >= 11 is 6.29. The zero-order chi connectivity index (χ0) is 19.3. The first-order chi connectivity index (χ1) is 13.7. The molecule has 1 amide bonds. The van der Waals surface area contributed by atoms with E-state index in [1.165, 1.54) is 6.20 Å². The van der Waals surface area contributed by atoms with E-state index in [-0.39, 0.29) is 11.8 Å². The summed E-state index contributed by atoms with van der Waals surface area (Å²) in [7, 11) is 0. The Bertz CT molecular complexity index is 964. The molecule has 6 heteroatoms. The lowest BCUT2D eigenvalue weighted by Gasteiger charge is -2.32. The number of hydrogen-bond acceptors (Lipinski definition) is 4. The number of pyridine rings is 1. The van der Waals surface area contributed by atoms with Gasteiger partial charge in [0.1, 0.15) is 5.69 Å². The molecule has 142 valence electrons. The first-order valence-corrected chi connectivity index (χ1v) is 9.83. The molecule has 0 N–H and O–H groups in total. The highest BCUT2D eigenvalue weighted by Crippen LogP contribution is 2.27. The number of rotatable bonds is 4. The molecule has 28 heavy (non-hydrogen) atoms. The number of aromatic nitrogens is 3. The Hall–Kier alpha value is -2.79. The summed E-state index contributed by atoms with van der Waals surface area (Å²) in [5.74, 6) is 0.158. The lowest BCUT2D eigenvalue weighted by atomic mass is 9.93. The lowest BCUT2D eigenvalue weighted by molar-refractivity contribution is 0.0699. The summed E-state index contributed by atoms with van der Waals surface area (Å²) < 4.78 is 0. The van der Waals surface area contributed by atoms with Gasteiger partial charge >= 0.3 is 0 Å². The van der Waals surface area contributed by atoms with Crippen LogP contribution in [-0.2, 0) is 6.42 Å². The standard InChI is InChI=1S/C22H21ClN4O/c23-19-8-2-1-5-16(19)13-18-7-3-9-20(26-18)17-6-4-12-27(15-17)22(28)21-14-24-10-11-25-21/h1-3,5,7-11,14,17H,4,6,12-13,15H2. The number of carbonyl (C=O) groups excluding carboxylic acids is 1. The molecule has 3 aromatic rings. The van der Waals surface area contributed by atoms with Gasteiger partial charge < -0.3 is 4.90 Å². The van der Waals surface area contributed by atoms with Gasteiger partial charge in [-0.3, -0.25) is 14.8 Å². The van der Waals surface area contributed by atoms with Gasteiger partial charge in [0.15, 0.2) is 0 Å². The van der Waals surface area contributed by atoms with Crippen molar-refractivity contribution in [2.75, 3.05) is 13.1 Å². The van der Waals surface area contributed by atoms with Gasteiger partial charge in [-0.2, -0.15) is 0 Å². The molecule has 0 saturated carbocycles. The fourth-order valence-electron chi connectivity index (χ4n) is 3.64. The average molecular weight is 393 g/mol. The summed E-state index contributed by atoms with van der Waals surface area (Å²) in [6.45, 7) is 1.39. The average Bonchev–Trinajstić information content (AvgIpc) is 2.76. The Morgan fingerprint density at radius 1 is 1.14 bits per heavy atom. The van der Waals surface area contributed by atoms with E-state index in [1.54, 1.807) is 12.4 Å². The largest absolute Gasteiger partial charge is 0.337 e. The van der Waals surface area contributed by atoms with Crippen LogP contribution in [0.5, 0.6) is 0 Å². The Balaban J connectivity index is 1.49. The Kier molecular flexibility index (Phi) is 5.63. The van der Waals surface area contributed by atoms with Gasteiger partial charge in [0.05, 0.1) is 6.20 Å². The molecule has 0 spiro atoms. The van der Waals surface area contributed by atoms with Gasteiger partial charge in [0.2, 0.25) is 0 Å². The van der Waals surface area contributed by atoms with E-state index in [0.29, 0.717) is 18.7 Å².